The van der Waals surface area contributed by atoms with Crippen molar-refractivity contribution in [1.29, 1.82) is 0 Å². The minimum Gasteiger partial charge on any atom is -0.454 e. The highest BCUT2D eigenvalue weighted by Gasteiger charge is 2.35. The van der Waals surface area contributed by atoms with Gasteiger partial charge in [0.2, 0.25) is 22.7 Å². The van der Waals surface area contributed by atoms with E-state index >= 15 is 0 Å². The smallest absolute Gasteiger partial charge is 0.243 e. The molecule has 0 spiro atoms. The fraction of sp³-hybridized carbons (Fsp3) is 0.562. The van der Waals surface area contributed by atoms with E-state index < -0.39 is 10.0 Å². The number of amides is 1. The molecule has 8 nitrogen and oxygen atoms in total. The van der Waals surface area contributed by atoms with Gasteiger partial charge in [-0.3, -0.25) is 4.79 Å². The molecule has 9 heteroatoms. The molecule has 1 aromatic carbocycles. The molecule has 0 bridgehead atoms. The summed E-state index contributed by atoms with van der Waals surface area (Å²) in [6.07, 6.45) is 1.57. The van der Waals surface area contributed by atoms with Crippen molar-refractivity contribution in [3.05, 3.63) is 18.2 Å². The molecule has 3 aliphatic heterocycles. The Balaban J connectivity index is 1.54. The predicted molar refractivity (Wildman–Crippen MR) is 88.9 cm³/mol. The lowest BCUT2D eigenvalue weighted by Crippen LogP contribution is -2.57. The molecule has 2 fully saturated rings. The lowest BCUT2D eigenvalue weighted by atomic mass is 10.1. The number of hydrogen-bond donors (Lipinski definition) is 1. The number of nitrogens with zero attached hydrogens (tertiary/aromatic N) is 2. The summed E-state index contributed by atoms with van der Waals surface area (Å²) in [5.74, 6) is 1.05. The summed E-state index contributed by atoms with van der Waals surface area (Å²) in [7, 11) is -3.63. The first-order valence-corrected chi connectivity index (χ1v) is 9.90. The molecule has 3 heterocycles. The Bertz CT molecular complexity index is 782. The molecule has 0 radical (unpaired) electrons. The van der Waals surface area contributed by atoms with E-state index in [9.17, 15) is 13.2 Å². The van der Waals surface area contributed by atoms with Crippen molar-refractivity contribution in [2.45, 2.75) is 23.8 Å². The fourth-order valence-electron chi connectivity index (χ4n) is 3.59. The average molecular weight is 367 g/mol. The number of carbonyl (C=O) groups excluding carboxylic acids is 1. The van der Waals surface area contributed by atoms with Gasteiger partial charge in [0.15, 0.2) is 11.5 Å². The van der Waals surface area contributed by atoms with E-state index in [1.807, 2.05) is 4.90 Å². The van der Waals surface area contributed by atoms with Gasteiger partial charge in [-0.1, -0.05) is 0 Å². The summed E-state index contributed by atoms with van der Waals surface area (Å²) in [5, 5.41) is 3.05. The summed E-state index contributed by atoms with van der Waals surface area (Å²) >= 11 is 0. The maximum Gasteiger partial charge on any atom is 0.243 e. The van der Waals surface area contributed by atoms with Gasteiger partial charge in [-0.25, -0.2) is 8.42 Å². The van der Waals surface area contributed by atoms with Crippen LogP contribution in [0.2, 0.25) is 0 Å². The van der Waals surface area contributed by atoms with Crippen LogP contribution in [0.15, 0.2) is 23.1 Å². The molecule has 0 aliphatic carbocycles. The van der Waals surface area contributed by atoms with Gasteiger partial charge in [-0.15, -0.1) is 0 Å². The van der Waals surface area contributed by atoms with Gasteiger partial charge in [0, 0.05) is 38.3 Å². The molecule has 0 saturated carbocycles. The van der Waals surface area contributed by atoms with Crippen molar-refractivity contribution < 1.29 is 22.7 Å². The maximum atomic E-state index is 13.0. The van der Waals surface area contributed by atoms with Gasteiger partial charge in [-0.2, -0.15) is 4.31 Å². The van der Waals surface area contributed by atoms with E-state index in [0.29, 0.717) is 37.7 Å². The summed E-state index contributed by atoms with van der Waals surface area (Å²) in [6, 6.07) is 4.61. The molecule has 2 saturated heterocycles. The van der Waals surface area contributed by atoms with Crippen LogP contribution < -0.4 is 14.8 Å². The summed E-state index contributed by atoms with van der Waals surface area (Å²) < 4.78 is 38.0. The van der Waals surface area contributed by atoms with Crippen molar-refractivity contribution in [1.82, 2.24) is 14.5 Å². The second-order valence-electron chi connectivity index (χ2n) is 6.44. The molecule has 1 aromatic rings. The van der Waals surface area contributed by atoms with E-state index in [4.69, 9.17) is 9.47 Å². The fourth-order valence-corrected chi connectivity index (χ4v) is 5.12. The van der Waals surface area contributed by atoms with Crippen molar-refractivity contribution in [2.75, 3.05) is 39.5 Å². The third-order valence-electron chi connectivity index (χ3n) is 4.91. The number of rotatable bonds is 3. The van der Waals surface area contributed by atoms with E-state index in [1.54, 1.807) is 12.1 Å². The topological polar surface area (TPSA) is 88.2 Å². The zero-order valence-corrected chi connectivity index (χ0v) is 14.6. The number of piperidine rings is 1. The van der Waals surface area contributed by atoms with Crippen molar-refractivity contribution >= 4 is 15.9 Å². The normalized spacial score (nSPS) is 24.6. The third-order valence-corrected chi connectivity index (χ3v) is 6.77. The summed E-state index contributed by atoms with van der Waals surface area (Å²) in [5.41, 5.74) is 0. The molecule has 25 heavy (non-hydrogen) atoms. The Labute approximate surface area is 146 Å². The third kappa shape index (κ3) is 3.07. The van der Waals surface area contributed by atoms with E-state index in [2.05, 4.69) is 5.32 Å². The molecule has 1 N–H and O–H groups in total. The first kappa shape index (κ1) is 16.6. The molecule has 1 atom stereocenters. The van der Waals surface area contributed by atoms with Gasteiger partial charge < -0.3 is 19.7 Å². The van der Waals surface area contributed by atoms with E-state index in [1.165, 1.54) is 10.4 Å². The SMILES string of the molecule is O=C1CNCCN1C1CCCN(S(=O)(=O)c2ccc3c(c2)OCO3)C1. The first-order valence-electron chi connectivity index (χ1n) is 8.46. The number of sulfonamides is 1. The van der Waals surface area contributed by atoms with E-state index in [-0.39, 0.29) is 23.6 Å². The van der Waals surface area contributed by atoms with Gasteiger partial charge >= 0.3 is 0 Å². The van der Waals surface area contributed by atoms with Gasteiger partial charge in [0.25, 0.3) is 0 Å². The number of hydrogen-bond acceptors (Lipinski definition) is 6. The van der Waals surface area contributed by atoms with Gasteiger partial charge in [0.05, 0.1) is 11.4 Å². The number of carbonyl (C=O) groups is 1. The van der Waals surface area contributed by atoms with Crippen LogP contribution in [0.5, 0.6) is 11.5 Å². The first-order chi connectivity index (χ1) is 12.1. The Kier molecular flexibility index (Phi) is 4.30. The van der Waals surface area contributed by atoms with Crippen LogP contribution in [0.1, 0.15) is 12.8 Å². The molecule has 1 amide bonds. The van der Waals surface area contributed by atoms with E-state index in [0.717, 1.165) is 19.4 Å². The van der Waals surface area contributed by atoms with Gasteiger partial charge in [0.1, 0.15) is 0 Å². The molecule has 4 rings (SSSR count). The lowest BCUT2D eigenvalue weighted by Gasteiger charge is -2.40. The average Bonchev–Trinajstić information content (AvgIpc) is 3.10. The Morgan fingerprint density at radius 1 is 1.16 bits per heavy atom. The Hall–Kier alpha value is -1.84. The number of nitrogens with one attached hydrogen (secondary N) is 1. The minimum absolute atomic E-state index is 0.0403. The molecule has 0 aromatic heterocycles. The Morgan fingerprint density at radius 3 is 2.84 bits per heavy atom. The highest BCUT2D eigenvalue weighted by Crippen LogP contribution is 2.35. The largest absolute Gasteiger partial charge is 0.454 e. The van der Waals surface area contributed by atoms with Crippen LogP contribution in [0, 0.1) is 0 Å². The van der Waals surface area contributed by atoms with Crippen LogP contribution >= 0.6 is 0 Å². The number of piperazine rings is 1. The highest BCUT2D eigenvalue weighted by molar-refractivity contribution is 7.89. The maximum absolute atomic E-state index is 13.0. The summed E-state index contributed by atoms with van der Waals surface area (Å²) in [4.78, 5) is 14.1. The number of ether oxygens (including phenoxy) is 2. The Morgan fingerprint density at radius 2 is 2.00 bits per heavy atom. The highest BCUT2D eigenvalue weighted by atomic mass is 32.2. The monoisotopic (exact) mass is 367 g/mol. The molecular weight excluding hydrogens is 346 g/mol. The molecule has 1 unspecified atom stereocenters. The molecular formula is C16H21N3O5S. The standard InChI is InChI=1S/C16H21N3O5S/c20-16-9-17-5-7-19(16)12-2-1-6-18(10-12)25(21,22)13-3-4-14-15(8-13)24-11-23-14/h3-4,8,12,17H,1-2,5-7,9-11H2. The molecule has 136 valence electrons. The zero-order chi connectivity index (χ0) is 17.4. The lowest BCUT2D eigenvalue weighted by molar-refractivity contribution is -0.135. The minimum atomic E-state index is -3.63. The van der Waals surface area contributed by atoms with Crippen molar-refractivity contribution in [3.63, 3.8) is 0 Å². The summed E-state index contributed by atoms with van der Waals surface area (Å²) in [6.45, 7) is 2.61. The quantitative estimate of drug-likeness (QED) is 0.809. The zero-order valence-electron chi connectivity index (χ0n) is 13.8. The number of benzene rings is 1. The second kappa shape index (κ2) is 6.47. The van der Waals surface area contributed by atoms with Gasteiger partial charge in [-0.05, 0) is 25.0 Å². The van der Waals surface area contributed by atoms with Crippen LogP contribution in [-0.2, 0) is 14.8 Å². The predicted octanol–water partition coefficient (Wildman–Crippen LogP) is 0.000200. The number of fused-ring (bicyclic) bond motifs is 1. The van der Waals surface area contributed by atoms with Crippen molar-refractivity contribution in [2.24, 2.45) is 0 Å². The van der Waals surface area contributed by atoms with Crippen LogP contribution in [0.3, 0.4) is 0 Å². The van der Waals surface area contributed by atoms with Crippen LogP contribution in [0.4, 0.5) is 0 Å². The van der Waals surface area contributed by atoms with Crippen LogP contribution in [0.25, 0.3) is 0 Å². The second-order valence-corrected chi connectivity index (χ2v) is 8.38. The van der Waals surface area contributed by atoms with Crippen LogP contribution in [-0.4, -0.2) is 69.1 Å². The molecule has 3 aliphatic rings. The van der Waals surface area contributed by atoms with Crippen molar-refractivity contribution in [3.8, 4) is 11.5 Å².